The van der Waals surface area contributed by atoms with E-state index >= 15 is 0 Å². The number of hydrogen-bond acceptors (Lipinski definition) is 3. The maximum absolute atomic E-state index is 10.9. The van der Waals surface area contributed by atoms with Crippen LogP contribution in [0.5, 0.6) is 0 Å². The lowest BCUT2D eigenvalue weighted by Gasteiger charge is -2.30. The summed E-state index contributed by atoms with van der Waals surface area (Å²) in [7, 11) is 3.67. The summed E-state index contributed by atoms with van der Waals surface area (Å²) in [6.45, 7) is 0. The Hall–Kier alpha value is -0.220. The van der Waals surface area contributed by atoms with Gasteiger partial charge in [0.15, 0.2) is 0 Å². The maximum Gasteiger partial charge on any atom is 0.324 e. The van der Waals surface area contributed by atoms with Crippen LogP contribution < -0.4 is 0 Å². The maximum atomic E-state index is 10.9. The molecule has 0 amide bonds. The topological polar surface area (TPSA) is 40.5 Å². The highest BCUT2D eigenvalue weighted by atomic mass is 32.2. The first-order valence-corrected chi connectivity index (χ1v) is 4.73. The van der Waals surface area contributed by atoms with Crippen molar-refractivity contribution in [3.8, 4) is 0 Å². The van der Waals surface area contributed by atoms with E-state index in [1.807, 2.05) is 19.0 Å². The van der Waals surface area contributed by atoms with Gasteiger partial charge in [-0.3, -0.25) is 9.69 Å². The molecule has 1 aliphatic heterocycles. The summed E-state index contributed by atoms with van der Waals surface area (Å²) < 4.78 is 0. The molecule has 0 aromatic carbocycles. The van der Waals surface area contributed by atoms with Crippen LogP contribution in [0, 0.1) is 0 Å². The molecule has 0 bridgehead atoms. The molecule has 1 N–H and O–H groups in total. The van der Waals surface area contributed by atoms with Crippen molar-refractivity contribution in [3.05, 3.63) is 0 Å². The Labute approximate surface area is 70.8 Å². The molecule has 11 heavy (non-hydrogen) atoms. The first kappa shape index (κ1) is 8.87. The highest BCUT2D eigenvalue weighted by Crippen LogP contribution is 2.31. The van der Waals surface area contributed by atoms with E-state index < -0.39 is 11.5 Å². The van der Waals surface area contributed by atoms with Gasteiger partial charge in [0, 0.05) is 5.75 Å². The van der Waals surface area contributed by atoms with Gasteiger partial charge in [-0.2, -0.15) is 11.8 Å². The van der Waals surface area contributed by atoms with Crippen LogP contribution in [0.1, 0.15) is 6.42 Å². The van der Waals surface area contributed by atoms with E-state index in [9.17, 15) is 4.79 Å². The second-order valence-electron chi connectivity index (χ2n) is 3.03. The van der Waals surface area contributed by atoms with Crippen LogP contribution in [0.15, 0.2) is 0 Å². The molecular formula is C7H13NO2S. The van der Waals surface area contributed by atoms with Gasteiger partial charge in [-0.15, -0.1) is 0 Å². The molecule has 1 rings (SSSR count). The number of thioether (sulfide) groups is 1. The molecule has 0 radical (unpaired) electrons. The van der Waals surface area contributed by atoms with Gasteiger partial charge in [0.2, 0.25) is 0 Å². The van der Waals surface area contributed by atoms with Gasteiger partial charge in [0.1, 0.15) is 5.54 Å². The molecule has 0 aliphatic carbocycles. The summed E-state index contributed by atoms with van der Waals surface area (Å²) >= 11 is 1.72. The van der Waals surface area contributed by atoms with E-state index in [4.69, 9.17) is 5.11 Å². The highest BCUT2D eigenvalue weighted by molar-refractivity contribution is 7.99. The van der Waals surface area contributed by atoms with Gasteiger partial charge in [0.05, 0.1) is 0 Å². The van der Waals surface area contributed by atoms with Crippen LogP contribution in [0.25, 0.3) is 0 Å². The largest absolute Gasteiger partial charge is 0.480 e. The minimum atomic E-state index is -0.687. The molecule has 0 aromatic heterocycles. The van der Waals surface area contributed by atoms with E-state index in [0.717, 1.165) is 17.9 Å². The lowest BCUT2D eigenvalue weighted by atomic mass is 9.98. The quantitative estimate of drug-likeness (QED) is 0.664. The number of carbonyl (C=O) groups is 1. The fourth-order valence-electron chi connectivity index (χ4n) is 1.27. The number of nitrogens with zero attached hydrogens (tertiary/aromatic N) is 1. The van der Waals surface area contributed by atoms with E-state index in [1.54, 1.807) is 11.8 Å². The Morgan fingerprint density at radius 3 is 2.45 bits per heavy atom. The fourth-order valence-corrected chi connectivity index (χ4v) is 2.76. The minimum Gasteiger partial charge on any atom is -0.480 e. The second-order valence-corrected chi connectivity index (χ2v) is 4.14. The van der Waals surface area contributed by atoms with Crippen molar-refractivity contribution in [2.24, 2.45) is 0 Å². The van der Waals surface area contributed by atoms with Crippen LogP contribution in [-0.4, -0.2) is 47.1 Å². The van der Waals surface area contributed by atoms with Crippen molar-refractivity contribution in [2.75, 3.05) is 25.6 Å². The average Bonchev–Trinajstić information content (AvgIpc) is 2.34. The first-order chi connectivity index (χ1) is 5.09. The minimum absolute atomic E-state index is 0.593. The molecule has 1 aliphatic rings. The number of rotatable bonds is 2. The predicted molar refractivity (Wildman–Crippen MR) is 46.0 cm³/mol. The molecule has 0 spiro atoms. The Bertz CT molecular complexity index is 164. The summed E-state index contributed by atoms with van der Waals surface area (Å²) in [5, 5.41) is 8.98. The molecule has 0 saturated carbocycles. The van der Waals surface area contributed by atoms with Gasteiger partial charge in [0.25, 0.3) is 0 Å². The van der Waals surface area contributed by atoms with Gasteiger partial charge < -0.3 is 5.11 Å². The molecule has 1 atom stereocenters. The number of carboxylic acids is 1. The summed E-state index contributed by atoms with van der Waals surface area (Å²) in [5.74, 6) is 0.993. The molecule has 1 heterocycles. The number of hydrogen-bond donors (Lipinski definition) is 1. The molecule has 4 heteroatoms. The zero-order chi connectivity index (χ0) is 8.48. The third-order valence-corrected chi connectivity index (χ3v) is 3.43. The van der Waals surface area contributed by atoms with Crippen LogP contribution in [-0.2, 0) is 4.79 Å². The first-order valence-electron chi connectivity index (χ1n) is 3.58. The summed E-state index contributed by atoms with van der Waals surface area (Å²) in [5.41, 5.74) is -0.593. The molecule has 3 nitrogen and oxygen atoms in total. The van der Waals surface area contributed by atoms with E-state index in [-0.39, 0.29) is 0 Å². The second kappa shape index (κ2) is 3.03. The zero-order valence-corrected chi connectivity index (χ0v) is 7.65. The van der Waals surface area contributed by atoms with Crippen LogP contribution >= 0.6 is 11.8 Å². The Morgan fingerprint density at radius 2 is 2.27 bits per heavy atom. The van der Waals surface area contributed by atoms with Crippen molar-refractivity contribution in [1.82, 2.24) is 4.90 Å². The fraction of sp³-hybridized carbons (Fsp3) is 0.857. The van der Waals surface area contributed by atoms with Gasteiger partial charge in [-0.25, -0.2) is 0 Å². The average molecular weight is 175 g/mol. The third-order valence-electron chi connectivity index (χ3n) is 2.25. The number of carboxylic acid groups (broad SMARTS) is 1. The standard InChI is InChI=1S/C7H13NO2S/c1-8(2)7(6(9)10)3-4-11-5-7/h3-5H2,1-2H3,(H,9,10). The molecule has 1 unspecified atom stereocenters. The van der Waals surface area contributed by atoms with E-state index in [0.29, 0.717) is 0 Å². The predicted octanol–water partition coefficient (Wildman–Crippen LogP) is 0.508. The van der Waals surface area contributed by atoms with Crippen molar-refractivity contribution in [2.45, 2.75) is 12.0 Å². The number of aliphatic carboxylic acids is 1. The highest BCUT2D eigenvalue weighted by Gasteiger charge is 2.43. The normalized spacial score (nSPS) is 31.2. The van der Waals surface area contributed by atoms with E-state index in [2.05, 4.69) is 0 Å². The summed E-state index contributed by atoms with van der Waals surface area (Å²) in [6, 6.07) is 0. The number of likely N-dealkylation sites (N-methyl/N-ethyl adjacent to an activating group) is 1. The SMILES string of the molecule is CN(C)C1(C(=O)O)CCSC1. The Morgan fingerprint density at radius 1 is 1.64 bits per heavy atom. The Kier molecular flexibility index (Phi) is 2.44. The molecule has 1 fully saturated rings. The smallest absolute Gasteiger partial charge is 0.324 e. The van der Waals surface area contributed by atoms with Gasteiger partial charge in [-0.1, -0.05) is 0 Å². The molecular weight excluding hydrogens is 162 g/mol. The van der Waals surface area contributed by atoms with Crippen molar-refractivity contribution >= 4 is 17.7 Å². The summed E-state index contributed by atoms with van der Waals surface area (Å²) in [4.78, 5) is 12.7. The zero-order valence-electron chi connectivity index (χ0n) is 6.83. The third kappa shape index (κ3) is 1.37. The lowest BCUT2D eigenvalue weighted by Crippen LogP contribution is -2.51. The molecule has 64 valence electrons. The van der Waals surface area contributed by atoms with Crippen molar-refractivity contribution in [3.63, 3.8) is 0 Å². The van der Waals surface area contributed by atoms with Crippen molar-refractivity contribution in [1.29, 1.82) is 0 Å². The van der Waals surface area contributed by atoms with Gasteiger partial charge in [-0.05, 0) is 26.3 Å². The van der Waals surface area contributed by atoms with Crippen LogP contribution in [0.4, 0.5) is 0 Å². The monoisotopic (exact) mass is 175 g/mol. The molecule has 0 aromatic rings. The van der Waals surface area contributed by atoms with Crippen LogP contribution in [0.2, 0.25) is 0 Å². The van der Waals surface area contributed by atoms with E-state index in [1.165, 1.54) is 0 Å². The lowest BCUT2D eigenvalue weighted by molar-refractivity contribution is -0.148. The molecule has 1 saturated heterocycles. The van der Waals surface area contributed by atoms with Crippen LogP contribution in [0.3, 0.4) is 0 Å². The summed E-state index contributed by atoms with van der Waals surface area (Å²) in [6.07, 6.45) is 0.764. The van der Waals surface area contributed by atoms with Crippen molar-refractivity contribution < 1.29 is 9.90 Å². The Balaban J connectivity index is 2.79. The van der Waals surface area contributed by atoms with Gasteiger partial charge >= 0.3 is 5.97 Å².